The summed E-state index contributed by atoms with van der Waals surface area (Å²) >= 11 is 5.12. The number of carbonyl (C=O) groups is 1. The van der Waals surface area contributed by atoms with Crippen molar-refractivity contribution in [1.29, 1.82) is 0 Å². The lowest BCUT2D eigenvalue weighted by atomic mass is 10.2. The highest BCUT2D eigenvalue weighted by Crippen LogP contribution is 2.26. The molecule has 2 aromatic carbocycles. The van der Waals surface area contributed by atoms with Crippen LogP contribution in [0.1, 0.15) is 0 Å². The third-order valence-corrected chi connectivity index (χ3v) is 4.00. The summed E-state index contributed by atoms with van der Waals surface area (Å²) in [5.41, 5.74) is 0.860. The summed E-state index contributed by atoms with van der Waals surface area (Å²) in [5.74, 6) is 0. The monoisotopic (exact) mass is 310 g/mol. The molecule has 104 valence electrons. The van der Waals surface area contributed by atoms with Crippen LogP contribution in [0.3, 0.4) is 0 Å². The molecule has 0 spiro atoms. The minimum atomic E-state index is -4.29. The molecule has 0 fully saturated rings. The van der Waals surface area contributed by atoms with Gasteiger partial charge < -0.3 is 0 Å². The molecule has 0 saturated heterocycles. The fourth-order valence-corrected chi connectivity index (χ4v) is 2.38. The van der Waals surface area contributed by atoms with E-state index in [2.05, 4.69) is 0 Å². The van der Waals surface area contributed by atoms with Crippen LogP contribution in [0.2, 0.25) is 0 Å². The van der Waals surface area contributed by atoms with Crippen molar-refractivity contribution in [2.75, 3.05) is 4.90 Å². The number of sulfonamides is 1. The van der Waals surface area contributed by atoms with Crippen molar-refractivity contribution in [3.63, 3.8) is 0 Å². The fraction of sp³-hybridized carbons (Fsp3) is 0. The number of hydrogen-bond acceptors (Lipinski definition) is 3. The summed E-state index contributed by atoms with van der Waals surface area (Å²) in [4.78, 5) is 13.3. The molecular weight excluding hydrogens is 300 g/mol. The second-order valence-electron chi connectivity index (χ2n) is 3.85. The van der Waals surface area contributed by atoms with Crippen LogP contribution in [0.15, 0.2) is 60.7 Å². The first kappa shape index (κ1) is 14.5. The number of nitrogens with one attached hydrogen (secondary N) is 1. The van der Waals surface area contributed by atoms with Gasteiger partial charge in [-0.05, 0) is 36.0 Å². The number of amides is 1. The maximum atomic E-state index is 12.2. The molecule has 0 saturated carbocycles. The third kappa shape index (κ3) is 2.98. The highest BCUT2D eigenvalue weighted by Gasteiger charge is 2.30. The Balaban J connectivity index is 2.55. The van der Waals surface area contributed by atoms with Gasteiger partial charge in [-0.1, -0.05) is 36.4 Å². The number of carbonyl (C=O) groups excluding carboxylic acids is 1. The van der Waals surface area contributed by atoms with Gasteiger partial charge in [-0.25, -0.2) is 8.42 Å². The van der Waals surface area contributed by atoms with Gasteiger partial charge in [0, 0.05) is 11.4 Å². The predicted octanol–water partition coefficient (Wildman–Crippen LogP) is 3.02. The van der Waals surface area contributed by atoms with Crippen molar-refractivity contribution in [1.82, 2.24) is 4.24 Å². The fourth-order valence-electron chi connectivity index (χ4n) is 1.67. The molecule has 0 aliphatic heterocycles. The van der Waals surface area contributed by atoms with E-state index in [9.17, 15) is 13.2 Å². The van der Waals surface area contributed by atoms with Gasteiger partial charge in [-0.3, -0.25) is 9.69 Å². The summed E-state index contributed by atoms with van der Waals surface area (Å²) in [6, 6.07) is 16.9. The van der Waals surface area contributed by atoms with E-state index in [1.165, 1.54) is 4.24 Å². The number of anilines is 2. The van der Waals surface area contributed by atoms with E-state index >= 15 is 0 Å². The molecule has 0 unspecified atom stereocenters. The van der Waals surface area contributed by atoms with Crippen molar-refractivity contribution in [3.05, 3.63) is 60.7 Å². The van der Waals surface area contributed by atoms with E-state index in [0.717, 1.165) is 4.90 Å². The first-order valence-electron chi connectivity index (χ1n) is 5.63. The average molecular weight is 311 g/mol. The van der Waals surface area contributed by atoms with Crippen LogP contribution in [0.5, 0.6) is 0 Å². The quantitative estimate of drug-likeness (QED) is 0.886. The van der Waals surface area contributed by atoms with Crippen molar-refractivity contribution in [2.24, 2.45) is 0 Å². The Morgan fingerprint density at radius 2 is 1.30 bits per heavy atom. The lowest BCUT2D eigenvalue weighted by Gasteiger charge is -2.21. The third-order valence-electron chi connectivity index (χ3n) is 2.54. The molecule has 0 bridgehead atoms. The summed E-state index contributed by atoms with van der Waals surface area (Å²) in [5, 5.41) is -1.15. The lowest BCUT2D eigenvalue weighted by Crippen LogP contribution is -2.36. The average Bonchev–Trinajstić information content (AvgIpc) is 2.49. The van der Waals surface area contributed by atoms with Crippen molar-refractivity contribution >= 4 is 38.4 Å². The number of rotatable bonds is 3. The normalized spacial score (nSPS) is 11.1. The van der Waals surface area contributed by atoms with E-state index in [1.54, 1.807) is 60.7 Å². The Morgan fingerprint density at radius 1 is 0.900 bits per heavy atom. The highest BCUT2D eigenvalue weighted by atomic mass is 35.5. The van der Waals surface area contributed by atoms with Gasteiger partial charge in [0.25, 0.3) is 0 Å². The molecule has 5 nitrogen and oxygen atoms in total. The summed E-state index contributed by atoms with van der Waals surface area (Å²) in [7, 11) is -4.29. The SMILES string of the molecule is O=C(N(c1ccccc1)c1ccccc1)S(=O)(=O)NCl. The summed E-state index contributed by atoms with van der Waals surface area (Å²) in [6.45, 7) is 0. The minimum absolute atomic E-state index is 0.430. The Hall–Kier alpha value is -1.89. The maximum absolute atomic E-state index is 12.2. The van der Waals surface area contributed by atoms with Gasteiger partial charge in [0.05, 0.1) is 0 Å². The molecule has 0 radical (unpaired) electrons. The largest absolute Gasteiger partial charge is 0.364 e. The van der Waals surface area contributed by atoms with Gasteiger partial charge in [0.2, 0.25) is 0 Å². The molecule has 1 N–H and O–H groups in total. The first-order valence-corrected chi connectivity index (χ1v) is 7.49. The van der Waals surface area contributed by atoms with Crippen LogP contribution in [-0.2, 0) is 10.0 Å². The van der Waals surface area contributed by atoms with E-state index in [-0.39, 0.29) is 0 Å². The van der Waals surface area contributed by atoms with Gasteiger partial charge in [0.1, 0.15) is 0 Å². The number of nitrogens with zero attached hydrogens (tertiary/aromatic N) is 1. The highest BCUT2D eigenvalue weighted by molar-refractivity contribution is 8.05. The van der Waals surface area contributed by atoms with Crippen LogP contribution in [-0.4, -0.2) is 13.7 Å². The molecule has 0 atom stereocenters. The molecule has 0 aliphatic rings. The van der Waals surface area contributed by atoms with Crippen molar-refractivity contribution < 1.29 is 13.2 Å². The molecule has 1 amide bonds. The first-order chi connectivity index (χ1) is 9.56. The molecular formula is C13H11ClN2O3S. The van der Waals surface area contributed by atoms with Gasteiger partial charge in [-0.15, -0.1) is 4.24 Å². The number of halogens is 1. The Morgan fingerprint density at radius 3 is 1.65 bits per heavy atom. The van der Waals surface area contributed by atoms with Crippen LogP contribution >= 0.6 is 11.8 Å². The van der Waals surface area contributed by atoms with Gasteiger partial charge in [-0.2, -0.15) is 0 Å². The van der Waals surface area contributed by atoms with Crippen molar-refractivity contribution in [3.8, 4) is 0 Å². The van der Waals surface area contributed by atoms with E-state index in [4.69, 9.17) is 11.8 Å². The number of hydrogen-bond donors (Lipinski definition) is 1. The zero-order valence-electron chi connectivity index (χ0n) is 10.2. The Kier molecular flexibility index (Phi) is 4.39. The van der Waals surface area contributed by atoms with Gasteiger partial charge >= 0.3 is 15.3 Å². The van der Waals surface area contributed by atoms with Crippen LogP contribution in [0.4, 0.5) is 16.2 Å². The Labute approximate surface area is 122 Å². The molecule has 20 heavy (non-hydrogen) atoms. The molecule has 0 heterocycles. The summed E-state index contributed by atoms with van der Waals surface area (Å²) in [6.07, 6.45) is 0. The van der Waals surface area contributed by atoms with Crippen LogP contribution < -0.4 is 9.14 Å². The minimum Gasteiger partial charge on any atom is -0.267 e. The zero-order valence-corrected chi connectivity index (χ0v) is 11.8. The van der Waals surface area contributed by atoms with Crippen molar-refractivity contribution in [2.45, 2.75) is 0 Å². The molecule has 2 aromatic rings. The molecule has 7 heteroatoms. The smallest absolute Gasteiger partial charge is 0.267 e. The molecule has 0 aromatic heterocycles. The standard InChI is InChI=1S/C13H11ClN2O3S/c14-15-20(18,19)13(17)16(11-7-3-1-4-8-11)12-9-5-2-6-10-12/h1-10,15H. The molecule has 0 aliphatic carbocycles. The topological polar surface area (TPSA) is 66.5 Å². The predicted molar refractivity (Wildman–Crippen MR) is 78.3 cm³/mol. The zero-order chi connectivity index (χ0) is 14.6. The number of benzene rings is 2. The van der Waals surface area contributed by atoms with E-state index < -0.39 is 15.3 Å². The van der Waals surface area contributed by atoms with Gasteiger partial charge in [0.15, 0.2) is 0 Å². The van der Waals surface area contributed by atoms with Crippen LogP contribution in [0, 0.1) is 0 Å². The number of para-hydroxylation sites is 2. The lowest BCUT2D eigenvalue weighted by molar-refractivity contribution is 0.264. The Bertz CT molecular complexity index is 651. The second kappa shape index (κ2) is 6.04. The molecule has 2 rings (SSSR count). The summed E-state index contributed by atoms with van der Waals surface area (Å²) < 4.78 is 24.8. The second-order valence-corrected chi connectivity index (χ2v) is 5.83. The van der Waals surface area contributed by atoms with E-state index in [0.29, 0.717) is 11.4 Å². The maximum Gasteiger partial charge on any atom is 0.364 e. The van der Waals surface area contributed by atoms with E-state index in [1.807, 2.05) is 0 Å². The van der Waals surface area contributed by atoms with Crippen LogP contribution in [0.25, 0.3) is 0 Å².